The van der Waals surface area contributed by atoms with Gasteiger partial charge in [0.1, 0.15) is 19.8 Å². The smallest absolute Gasteiger partial charge is 0.340 e. The maximum Gasteiger partial charge on any atom is 0.340 e. The normalized spacial score (nSPS) is 12.7. The van der Waals surface area contributed by atoms with Crippen LogP contribution in [0.1, 0.15) is 17.3 Å². The zero-order valence-electron chi connectivity index (χ0n) is 16.5. The third kappa shape index (κ3) is 4.33. The van der Waals surface area contributed by atoms with Crippen molar-refractivity contribution >= 4 is 27.6 Å². The Morgan fingerprint density at radius 3 is 2.47 bits per heavy atom. The molecule has 0 N–H and O–H groups in total. The van der Waals surface area contributed by atoms with Gasteiger partial charge in [0, 0.05) is 6.07 Å². The summed E-state index contributed by atoms with van der Waals surface area (Å²) in [6, 6.07) is 10.1. The zero-order chi connectivity index (χ0) is 21.7. The van der Waals surface area contributed by atoms with E-state index in [2.05, 4.69) is 0 Å². The van der Waals surface area contributed by atoms with E-state index in [0.29, 0.717) is 12.4 Å². The van der Waals surface area contributed by atoms with Gasteiger partial charge in [0.25, 0.3) is 10.0 Å². The standard InChI is InChI=1S/C20H21NO8S/c1-3-27-19(22)13-21(16-7-5-4-6-15(16)20(23)26-2)30(24,25)14-8-9-17-18(12-14)29-11-10-28-17/h4-9,12H,3,10-11,13H2,1-2H3. The highest BCUT2D eigenvalue weighted by Crippen LogP contribution is 2.35. The van der Waals surface area contributed by atoms with Crippen LogP contribution in [0.2, 0.25) is 0 Å². The summed E-state index contributed by atoms with van der Waals surface area (Å²) in [5.74, 6) is -0.804. The Hall–Kier alpha value is -3.27. The van der Waals surface area contributed by atoms with E-state index in [1.807, 2.05) is 0 Å². The predicted octanol–water partition coefficient (Wildman–Crippen LogP) is 2.00. The Kier molecular flexibility index (Phi) is 6.46. The second-order valence-electron chi connectivity index (χ2n) is 6.13. The van der Waals surface area contributed by atoms with E-state index in [-0.39, 0.29) is 35.1 Å². The molecule has 2 aromatic carbocycles. The Morgan fingerprint density at radius 1 is 1.07 bits per heavy atom. The fourth-order valence-electron chi connectivity index (χ4n) is 2.91. The summed E-state index contributed by atoms with van der Waals surface area (Å²) in [6.45, 7) is 1.71. The van der Waals surface area contributed by atoms with Gasteiger partial charge < -0.3 is 18.9 Å². The van der Waals surface area contributed by atoms with Crippen molar-refractivity contribution in [3.63, 3.8) is 0 Å². The molecule has 0 unspecified atom stereocenters. The van der Waals surface area contributed by atoms with Gasteiger partial charge in [-0.1, -0.05) is 12.1 Å². The third-order valence-electron chi connectivity index (χ3n) is 4.26. The molecule has 10 heteroatoms. The van der Waals surface area contributed by atoms with Crippen molar-refractivity contribution in [2.75, 3.05) is 37.8 Å². The van der Waals surface area contributed by atoms with Crippen LogP contribution in [-0.4, -0.2) is 53.8 Å². The summed E-state index contributed by atoms with van der Waals surface area (Å²) in [5, 5.41) is 0. The minimum atomic E-state index is -4.28. The predicted molar refractivity (Wildman–Crippen MR) is 106 cm³/mol. The molecule has 0 amide bonds. The summed E-state index contributed by atoms with van der Waals surface area (Å²) in [5.41, 5.74) is -0.0160. The molecule has 0 saturated heterocycles. The largest absolute Gasteiger partial charge is 0.486 e. The molecule has 0 atom stereocenters. The summed E-state index contributed by atoms with van der Waals surface area (Å²) in [7, 11) is -3.09. The molecule has 160 valence electrons. The lowest BCUT2D eigenvalue weighted by atomic mass is 10.2. The molecule has 30 heavy (non-hydrogen) atoms. The summed E-state index contributed by atoms with van der Waals surface area (Å²) in [6.07, 6.45) is 0. The van der Waals surface area contributed by atoms with E-state index < -0.39 is 28.5 Å². The molecule has 9 nitrogen and oxygen atoms in total. The number of carbonyl (C=O) groups excluding carboxylic acids is 2. The number of benzene rings is 2. The second-order valence-corrected chi connectivity index (χ2v) is 7.99. The second kappa shape index (κ2) is 9.04. The summed E-state index contributed by atoms with van der Waals surface area (Å²) in [4.78, 5) is 24.3. The van der Waals surface area contributed by atoms with Crippen molar-refractivity contribution in [2.45, 2.75) is 11.8 Å². The molecule has 0 radical (unpaired) electrons. The topological polar surface area (TPSA) is 108 Å². The molecule has 0 aliphatic carbocycles. The lowest BCUT2D eigenvalue weighted by Crippen LogP contribution is -2.37. The number of ether oxygens (including phenoxy) is 4. The quantitative estimate of drug-likeness (QED) is 0.608. The SMILES string of the molecule is CCOC(=O)CN(c1ccccc1C(=O)OC)S(=O)(=O)c1ccc2c(c1)OCCO2. The molecule has 2 aromatic rings. The third-order valence-corrected chi connectivity index (χ3v) is 6.01. The molecule has 1 heterocycles. The van der Waals surface area contributed by atoms with Crippen LogP contribution in [-0.2, 0) is 24.3 Å². The van der Waals surface area contributed by atoms with Crippen LogP contribution in [0.25, 0.3) is 0 Å². The number of nitrogens with zero attached hydrogens (tertiary/aromatic N) is 1. The minimum absolute atomic E-state index is 0.00714. The molecule has 0 spiro atoms. The maximum absolute atomic E-state index is 13.5. The Labute approximate surface area is 174 Å². The number of esters is 2. The number of hydrogen-bond acceptors (Lipinski definition) is 8. The van der Waals surface area contributed by atoms with Crippen LogP contribution in [0.5, 0.6) is 11.5 Å². The first-order valence-corrected chi connectivity index (χ1v) is 10.6. The number of sulfonamides is 1. The maximum atomic E-state index is 13.5. The van der Waals surface area contributed by atoms with Crippen LogP contribution >= 0.6 is 0 Å². The van der Waals surface area contributed by atoms with Gasteiger partial charge in [-0.25, -0.2) is 13.2 Å². The molecule has 0 saturated carbocycles. The average molecular weight is 435 g/mol. The van der Waals surface area contributed by atoms with E-state index in [4.69, 9.17) is 18.9 Å². The number of methoxy groups -OCH3 is 1. The van der Waals surface area contributed by atoms with Crippen molar-refractivity contribution in [2.24, 2.45) is 0 Å². The number of hydrogen-bond donors (Lipinski definition) is 0. The van der Waals surface area contributed by atoms with E-state index in [9.17, 15) is 18.0 Å². The van der Waals surface area contributed by atoms with Crippen molar-refractivity contribution in [3.8, 4) is 11.5 Å². The van der Waals surface area contributed by atoms with Crippen molar-refractivity contribution in [1.82, 2.24) is 0 Å². The summed E-state index contributed by atoms with van der Waals surface area (Å²) < 4.78 is 48.4. The fraction of sp³-hybridized carbons (Fsp3) is 0.300. The Bertz CT molecular complexity index is 1050. The van der Waals surface area contributed by atoms with E-state index in [1.165, 1.54) is 37.4 Å². The van der Waals surface area contributed by atoms with Crippen LogP contribution in [0.3, 0.4) is 0 Å². The first-order valence-electron chi connectivity index (χ1n) is 9.13. The lowest BCUT2D eigenvalue weighted by Gasteiger charge is -2.26. The molecule has 0 fully saturated rings. The zero-order valence-corrected chi connectivity index (χ0v) is 17.3. The minimum Gasteiger partial charge on any atom is -0.486 e. The molecule has 1 aliphatic rings. The van der Waals surface area contributed by atoms with Crippen LogP contribution in [0.4, 0.5) is 5.69 Å². The van der Waals surface area contributed by atoms with Crippen molar-refractivity contribution < 1.29 is 37.0 Å². The molecule has 3 rings (SSSR count). The molecule has 0 bridgehead atoms. The van der Waals surface area contributed by atoms with Gasteiger partial charge in [-0.3, -0.25) is 9.10 Å². The fourth-order valence-corrected chi connectivity index (χ4v) is 4.35. The van der Waals surface area contributed by atoms with Crippen molar-refractivity contribution in [3.05, 3.63) is 48.0 Å². The molecule has 1 aliphatic heterocycles. The lowest BCUT2D eigenvalue weighted by molar-refractivity contribution is -0.141. The Balaban J connectivity index is 2.11. The van der Waals surface area contributed by atoms with Gasteiger partial charge in [0.2, 0.25) is 0 Å². The van der Waals surface area contributed by atoms with Crippen molar-refractivity contribution in [1.29, 1.82) is 0 Å². The number of rotatable bonds is 7. The number of para-hydroxylation sites is 1. The van der Waals surface area contributed by atoms with Crippen LogP contribution < -0.4 is 13.8 Å². The molecular formula is C20H21NO8S. The van der Waals surface area contributed by atoms with E-state index >= 15 is 0 Å². The first-order chi connectivity index (χ1) is 14.4. The van der Waals surface area contributed by atoms with Crippen LogP contribution in [0, 0.1) is 0 Å². The van der Waals surface area contributed by atoms with Gasteiger partial charge in [0.05, 0.1) is 29.9 Å². The highest BCUT2D eigenvalue weighted by atomic mass is 32.2. The molecular weight excluding hydrogens is 414 g/mol. The number of carbonyl (C=O) groups is 2. The van der Waals surface area contributed by atoms with Crippen LogP contribution in [0.15, 0.2) is 47.4 Å². The number of fused-ring (bicyclic) bond motifs is 1. The van der Waals surface area contributed by atoms with E-state index in [1.54, 1.807) is 19.1 Å². The van der Waals surface area contributed by atoms with Gasteiger partial charge >= 0.3 is 11.9 Å². The number of anilines is 1. The van der Waals surface area contributed by atoms with Gasteiger partial charge in [-0.2, -0.15) is 0 Å². The van der Waals surface area contributed by atoms with Gasteiger partial charge in [-0.05, 0) is 31.2 Å². The highest BCUT2D eigenvalue weighted by molar-refractivity contribution is 7.92. The Morgan fingerprint density at radius 2 is 1.77 bits per heavy atom. The van der Waals surface area contributed by atoms with Gasteiger partial charge in [-0.15, -0.1) is 0 Å². The molecule has 0 aromatic heterocycles. The monoisotopic (exact) mass is 435 g/mol. The van der Waals surface area contributed by atoms with Gasteiger partial charge in [0.15, 0.2) is 11.5 Å². The summed E-state index contributed by atoms with van der Waals surface area (Å²) >= 11 is 0. The highest BCUT2D eigenvalue weighted by Gasteiger charge is 2.32. The first kappa shape index (κ1) is 21.4. The average Bonchev–Trinajstić information content (AvgIpc) is 2.76. The van der Waals surface area contributed by atoms with E-state index in [0.717, 1.165) is 4.31 Å².